The van der Waals surface area contributed by atoms with Gasteiger partial charge >= 0.3 is 0 Å². The Morgan fingerprint density at radius 3 is 1.56 bits per heavy atom. The van der Waals surface area contributed by atoms with Crippen molar-refractivity contribution in [2.24, 2.45) is 11.8 Å². The molecule has 0 aromatic heterocycles. The maximum atomic E-state index is 2.53. The SMILES string of the molecule is CCCC(C)CCc1c2ccccc2c(CCC(C)CCC)c2cc(C(C)(C)C)ccc12. The van der Waals surface area contributed by atoms with Crippen LogP contribution in [0, 0.1) is 11.8 Å². The summed E-state index contributed by atoms with van der Waals surface area (Å²) in [7, 11) is 0. The molecule has 0 saturated carbocycles. The van der Waals surface area contributed by atoms with Gasteiger partial charge in [0.15, 0.2) is 0 Å². The zero-order chi connectivity index (χ0) is 23.3. The van der Waals surface area contributed by atoms with Gasteiger partial charge in [-0.2, -0.15) is 0 Å². The van der Waals surface area contributed by atoms with Crippen LogP contribution in [0.4, 0.5) is 0 Å². The molecule has 0 amide bonds. The van der Waals surface area contributed by atoms with Gasteiger partial charge in [0.05, 0.1) is 0 Å². The molecule has 174 valence electrons. The van der Waals surface area contributed by atoms with Gasteiger partial charge in [0, 0.05) is 0 Å². The number of hydrogen-bond acceptors (Lipinski definition) is 0. The first-order valence-electron chi connectivity index (χ1n) is 13.2. The zero-order valence-corrected chi connectivity index (χ0v) is 21.9. The molecule has 0 bridgehead atoms. The Kier molecular flexibility index (Phi) is 8.43. The van der Waals surface area contributed by atoms with Gasteiger partial charge in [-0.3, -0.25) is 0 Å². The topological polar surface area (TPSA) is 0 Å². The first kappa shape index (κ1) is 24.8. The average Bonchev–Trinajstić information content (AvgIpc) is 2.75. The summed E-state index contributed by atoms with van der Waals surface area (Å²) in [5.74, 6) is 1.58. The Morgan fingerprint density at radius 1 is 0.625 bits per heavy atom. The lowest BCUT2D eigenvalue weighted by Crippen LogP contribution is -2.11. The van der Waals surface area contributed by atoms with Crippen molar-refractivity contribution in [3.05, 3.63) is 59.2 Å². The minimum absolute atomic E-state index is 0.169. The predicted molar refractivity (Wildman–Crippen MR) is 145 cm³/mol. The first-order valence-corrected chi connectivity index (χ1v) is 13.2. The van der Waals surface area contributed by atoms with E-state index in [0.717, 1.165) is 11.8 Å². The predicted octanol–water partition coefficient (Wildman–Crippen LogP) is 10.0. The second-order valence-corrected chi connectivity index (χ2v) is 11.4. The van der Waals surface area contributed by atoms with E-state index in [4.69, 9.17) is 0 Å². The minimum atomic E-state index is 0.169. The fraction of sp³-hybridized carbons (Fsp3) is 0.562. The van der Waals surface area contributed by atoms with E-state index in [-0.39, 0.29) is 5.41 Å². The largest absolute Gasteiger partial charge is 0.0654 e. The van der Waals surface area contributed by atoms with Crippen LogP contribution in [-0.2, 0) is 18.3 Å². The monoisotopic (exact) mass is 430 g/mol. The lowest BCUT2D eigenvalue weighted by atomic mass is 9.81. The number of aryl methyl sites for hydroxylation is 2. The average molecular weight is 431 g/mol. The van der Waals surface area contributed by atoms with E-state index < -0.39 is 0 Å². The van der Waals surface area contributed by atoms with Gasteiger partial charge in [-0.15, -0.1) is 0 Å². The lowest BCUT2D eigenvalue weighted by molar-refractivity contribution is 0.487. The van der Waals surface area contributed by atoms with Crippen molar-refractivity contribution in [1.82, 2.24) is 0 Å². The smallest absolute Gasteiger partial charge is 0.0132 e. The van der Waals surface area contributed by atoms with Crippen LogP contribution in [0.3, 0.4) is 0 Å². The van der Waals surface area contributed by atoms with Crippen LogP contribution < -0.4 is 0 Å². The molecule has 0 heteroatoms. The van der Waals surface area contributed by atoms with Gasteiger partial charge in [-0.05, 0) is 81.2 Å². The van der Waals surface area contributed by atoms with E-state index in [1.54, 1.807) is 11.1 Å². The molecule has 0 fully saturated rings. The maximum Gasteiger partial charge on any atom is -0.0132 e. The molecule has 3 aromatic carbocycles. The molecule has 2 atom stereocenters. The Morgan fingerprint density at radius 2 is 1.09 bits per heavy atom. The second-order valence-electron chi connectivity index (χ2n) is 11.4. The number of rotatable bonds is 10. The Labute approximate surface area is 197 Å². The maximum absolute atomic E-state index is 2.53. The molecule has 0 N–H and O–H groups in total. The van der Waals surface area contributed by atoms with Crippen LogP contribution in [-0.4, -0.2) is 0 Å². The molecular weight excluding hydrogens is 384 g/mol. The van der Waals surface area contributed by atoms with E-state index in [2.05, 4.69) is 90.9 Å². The standard InChI is InChI=1S/C32H46/c1-8-12-23(3)16-19-28-26-14-10-11-15-27(26)29(20-17-24(4)13-9-2)31-22-25(32(5,6)7)18-21-30(28)31/h10-11,14-15,18,21-24H,8-9,12-13,16-17,19-20H2,1-7H3. The van der Waals surface area contributed by atoms with Crippen LogP contribution in [0.5, 0.6) is 0 Å². The van der Waals surface area contributed by atoms with Crippen molar-refractivity contribution in [1.29, 1.82) is 0 Å². The summed E-state index contributed by atoms with van der Waals surface area (Å²) in [5, 5.41) is 6.00. The molecule has 3 rings (SSSR count). The molecule has 0 nitrogen and oxygen atoms in total. The van der Waals surface area contributed by atoms with Gasteiger partial charge < -0.3 is 0 Å². The van der Waals surface area contributed by atoms with Crippen LogP contribution in [0.2, 0.25) is 0 Å². The van der Waals surface area contributed by atoms with Crippen molar-refractivity contribution in [2.45, 2.75) is 105 Å². The molecule has 2 unspecified atom stereocenters. The summed E-state index contributed by atoms with van der Waals surface area (Å²) in [6, 6.07) is 16.6. The molecule has 0 radical (unpaired) electrons. The summed E-state index contributed by atoms with van der Waals surface area (Å²) in [5.41, 5.74) is 4.77. The summed E-state index contributed by atoms with van der Waals surface area (Å²) in [6.07, 6.45) is 10.1. The van der Waals surface area contributed by atoms with Crippen molar-refractivity contribution in [3.8, 4) is 0 Å². The van der Waals surface area contributed by atoms with E-state index in [1.165, 1.54) is 78.5 Å². The van der Waals surface area contributed by atoms with Gasteiger partial charge in [0.25, 0.3) is 0 Å². The van der Waals surface area contributed by atoms with Gasteiger partial charge in [-0.25, -0.2) is 0 Å². The summed E-state index contributed by atoms with van der Waals surface area (Å²) >= 11 is 0. The third-order valence-corrected chi connectivity index (χ3v) is 7.45. The zero-order valence-electron chi connectivity index (χ0n) is 21.9. The molecule has 0 saturated heterocycles. The fourth-order valence-corrected chi connectivity index (χ4v) is 5.42. The molecule has 0 heterocycles. The normalized spacial score (nSPS) is 14.2. The summed E-state index contributed by atoms with van der Waals surface area (Å²) in [4.78, 5) is 0. The van der Waals surface area contributed by atoms with E-state index >= 15 is 0 Å². The highest BCUT2D eigenvalue weighted by Crippen LogP contribution is 2.38. The molecular formula is C32H46. The molecule has 32 heavy (non-hydrogen) atoms. The van der Waals surface area contributed by atoms with Crippen LogP contribution in [0.15, 0.2) is 42.5 Å². The molecule has 0 aliphatic heterocycles. The van der Waals surface area contributed by atoms with Crippen molar-refractivity contribution < 1.29 is 0 Å². The van der Waals surface area contributed by atoms with Crippen LogP contribution >= 0.6 is 0 Å². The quantitative estimate of drug-likeness (QED) is 0.281. The fourth-order valence-electron chi connectivity index (χ4n) is 5.42. The minimum Gasteiger partial charge on any atom is -0.0654 e. The highest BCUT2D eigenvalue weighted by atomic mass is 14.2. The molecule has 0 spiro atoms. The third kappa shape index (κ3) is 5.75. The summed E-state index contributed by atoms with van der Waals surface area (Å²) in [6.45, 7) is 16.5. The Hall–Kier alpha value is -1.82. The Balaban J connectivity index is 2.18. The van der Waals surface area contributed by atoms with Gasteiger partial charge in [0.1, 0.15) is 0 Å². The highest BCUT2D eigenvalue weighted by Gasteiger charge is 2.19. The summed E-state index contributed by atoms with van der Waals surface area (Å²) < 4.78 is 0. The molecule has 0 aliphatic rings. The highest BCUT2D eigenvalue weighted by molar-refractivity contribution is 6.06. The van der Waals surface area contributed by atoms with Gasteiger partial charge in [-0.1, -0.05) is 117 Å². The third-order valence-electron chi connectivity index (χ3n) is 7.45. The number of hydrogen-bond donors (Lipinski definition) is 0. The van der Waals surface area contributed by atoms with E-state index in [1.807, 2.05) is 0 Å². The first-order chi connectivity index (χ1) is 15.3. The number of fused-ring (bicyclic) bond motifs is 2. The molecule has 0 aliphatic carbocycles. The van der Waals surface area contributed by atoms with Gasteiger partial charge in [0.2, 0.25) is 0 Å². The van der Waals surface area contributed by atoms with Crippen LogP contribution in [0.25, 0.3) is 21.5 Å². The van der Waals surface area contributed by atoms with Crippen molar-refractivity contribution in [3.63, 3.8) is 0 Å². The van der Waals surface area contributed by atoms with E-state index in [9.17, 15) is 0 Å². The Bertz CT molecular complexity index is 1020. The van der Waals surface area contributed by atoms with Crippen molar-refractivity contribution >= 4 is 21.5 Å². The van der Waals surface area contributed by atoms with E-state index in [0.29, 0.717) is 0 Å². The van der Waals surface area contributed by atoms with Crippen LogP contribution in [0.1, 0.15) is 104 Å². The lowest BCUT2D eigenvalue weighted by Gasteiger charge is -2.23. The molecule has 3 aromatic rings. The van der Waals surface area contributed by atoms with Crippen molar-refractivity contribution in [2.75, 3.05) is 0 Å². The number of benzene rings is 3. The second kappa shape index (κ2) is 10.9.